The second-order valence-corrected chi connectivity index (χ2v) is 5.03. The molecule has 0 saturated heterocycles. The fourth-order valence-electron chi connectivity index (χ4n) is 2.25. The van der Waals surface area contributed by atoms with Crippen molar-refractivity contribution in [3.05, 3.63) is 58.1 Å². The quantitative estimate of drug-likeness (QED) is 0.846. The van der Waals surface area contributed by atoms with E-state index in [1.54, 1.807) is 24.3 Å². The highest BCUT2D eigenvalue weighted by Gasteiger charge is 2.22. The minimum atomic E-state index is -1.01. The third-order valence-electron chi connectivity index (χ3n) is 3.25. The predicted octanol–water partition coefficient (Wildman–Crippen LogP) is 4.38. The van der Waals surface area contributed by atoms with Crippen LogP contribution in [0.15, 0.2) is 36.4 Å². The van der Waals surface area contributed by atoms with Gasteiger partial charge in [0.1, 0.15) is 11.5 Å². The van der Waals surface area contributed by atoms with Gasteiger partial charge in [0, 0.05) is 16.1 Å². The summed E-state index contributed by atoms with van der Waals surface area (Å²) < 4.78 is 5.84. The monoisotopic (exact) mass is 286 g/mol. The maximum absolute atomic E-state index is 11.5. The predicted molar refractivity (Wildman–Crippen MR) is 78.2 cm³/mol. The van der Waals surface area contributed by atoms with Gasteiger partial charge in [0.2, 0.25) is 0 Å². The van der Waals surface area contributed by atoms with Crippen LogP contribution in [0.1, 0.15) is 16.7 Å². The van der Waals surface area contributed by atoms with Gasteiger partial charge in [0.15, 0.2) is 0 Å². The Labute approximate surface area is 121 Å². The molecule has 0 atom stereocenters. The van der Waals surface area contributed by atoms with Crippen LogP contribution in [0.25, 0.3) is 11.6 Å². The van der Waals surface area contributed by atoms with E-state index in [-0.39, 0.29) is 5.57 Å². The van der Waals surface area contributed by atoms with Crippen molar-refractivity contribution < 1.29 is 14.6 Å². The molecule has 0 amide bonds. The molecule has 4 heteroatoms. The molecule has 0 aliphatic carbocycles. The molecule has 3 rings (SSSR count). The zero-order valence-electron chi connectivity index (χ0n) is 10.7. The summed E-state index contributed by atoms with van der Waals surface area (Å²) in [6.45, 7) is 1.92. The lowest BCUT2D eigenvalue weighted by molar-refractivity contribution is -0.130. The minimum Gasteiger partial charge on any atom is -0.478 e. The standard InChI is InChI=1S/C16H11ClO3/c1-9-3-2-4-14-11(9)8-13(16(18)19)12-7-10(17)5-6-15(12)20-14/h2-8H,1H3,(H,18,19). The van der Waals surface area contributed by atoms with E-state index in [2.05, 4.69) is 0 Å². The lowest BCUT2D eigenvalue weighted by Crippen LogP contribution is -1.99. The summed E-state index contributed by atoms with van der Waals surface area (Å²) in [7, 11) is 0. The number of benzene rings is 2. The Bertz CT molecular complexity index is 747. The molecule has 0 spiro atoms. The van der Waals surface area contributed by atoms with Crippen molar-refractivity contribution in [3.8, 4) is 11.5 Å². The van der Waals surface area contributed by atoms with Gasteiger partial charge < -0.3 is 9.84 Å². The number of carboxylic acid groups (broad SMARTS) is 1. The summed E-state index contributed by atoms with van der Waals surface area (Å²) in [6, 6.07) is 10.6. The topological polar surface area (TPSA) is 46.5 Å². The molecule has 1 N–H and O–H groups in total. The van der Waals surface area contributed by atoms with Crippen molar-refractivity contribution in [2.75, 3.05) is 0 Å². The Hall–Kier alpha value is -2.26. The highest BCUT2D eigenvalue weighted by atomic mass is 35.5. The lowest BCUT2D eigenvalue weighted by atomic mass is 10.0. The average Bonchev–Trinajstić information content (AvgIpc) is 2.56. The van der Waals surface area contributed by atoms with Crippen molar-refractivity contribution in [2.24, 2.45) is 0 Å². The van der Waals surface area contributed by atoms with Gasteiger partial charge in [0.25, 0.3) is 0 Å². The highest BCUT2D eigenvalue weighted by Crippen LogP contribution is 2.40. The molecule has 0 aromatic heterocycles. The first-order chi connectivity index (χ1) is 9.56. The van der Waals surface area contributed by atoms with E-state index in [0.717, 1.165) is 11.1 Å². The Morgan fingerprint density at radius 3 is 2.75 bits per heavy atom. The molecule has 1 aliphatic rings. The van der Waals surface area contributed by atoms with Gasteiger partial charge in [-0.3, -0.25) is 0 Å². The van der Waals surface area contributed by atoms with Gasteiger partial charge in [-0.1, -0.05) is 23.7 Å². The van der Waals surface area contributed by atoms with Crippen LogP contribution in [0.5, 0.6) is 11.5 Å². The number of aliphatic carboxylic acids is 1. The first kappa shape index (κ1) is 12.8. The van der Waals surface area contributed by atoms with Crippen LogP contribution >= 0.6 is 11.6 Å². The van der Waals surface area contributed by atoms with Gasteiger partial charge in [-0.15, -0.1) is 0 Å². The zero-order chi connectivity index (χ0) is 14.3. The second-order valence-electron chi connectivity index (χ2n) is 4.59. The summed E-state index contributed by atoms with van der Waals surface area (Å²) in [5, 5.41) is 9.92. The normalized spacial score (nSPS) is 12.6. The average molecular weight is 287 g/mol. The number of aryl methyl sites for hydroxylation is 1. The van der Waals surface area contributed by atoms with E-state index in [9.17, 15) is 9.90 Å². The molecule has 100 valence electrons. The number of rotatable bonds is 1. The van der Waals surface area contributed by atoms with Gasteiger partial charge in [0.05, 0.1) is 5.57 Å². The van der Waals surface area contributed by atoms with E-state index in [1.807, 2.05) is 25.1 Å². The van der Waals surface area contributed by atoms with Crippen molar-refractivity contribution in [3.63, 3.8) is 0 Å². The molecule has 3 nitrogen and oxygen atoms in total. The summed E-state index contributed by atoms with van der Waals surface area (Å²) in [5.74, 6) is 0.130. The number of halogens is 1. The molecule has 2 aromatic carbocycles. The first-order valence-corrected chi connectivity index (χ1v) is 6.46. The molecular weight excluding hydrogens is 276 g/mol. The Balaban J connectivity index is 2.33. The maximum Gasteiger partial charge on any atom is 0.336 e. The van der Waals surface area contributed by atoms with Crippen molar-refractivity contribution >= 4 is 29.2 Å². The molecule has 0 fully saturated rings. The van der Waals surface area contributed by atoms with Crippen LogP contribution in [0.3, 0.4) is 0 Å². The van der Waals surface area contributed by atoms with Crippen LogP contribution in [-0.4, -0.2) is 11.1 Å². The van der Waals surface area contributed by atoms with Crippen LogP contribution in [0, 0.1) is 6.92 Å². The van der Waals surface area contributed by atoms with Crippen LogP contribution in [0.2, 0.25) is 5.02 Å². The zero-order valence-corrected chi connectivity index (χ0v) is 11.4. The van der Waals surface area contributed by atoms with Gasteiger partial charge in [-0.25, -0.2) is 4.79 Å². The number of ether oxygens (including phenoxy) is 1. The summed E-state index contributed by atoms with van der Waals surface area (Å²) in [4.78, 5) is 11.5. The third-order valence-corrected chi connectivity index (χ3v) is 3.49. The van der Waals surface area contributed by atoms with Crippen molar-refractivity contribution in [1.82, 2.24) is 0 Å². The molecule has 0 radical (unpaired) electrons. The van der Waals surface area contributed by atoms with Crippen LogP contribution in [0.4, 0.5) is 0 Å². The molecule has 0 unspecified atom stereocenters. The molecule has 1 heterocycles. The lowest BCUT2D eigenvalue weighted by Gasteiger charge is -2.10. The first-order valence-electron chi connectivity index (χ1n) is 6.08. The Morgan fingerprint density at radius 2 is 2.00 bits per heavy atom. The number of hydrogen-bond acceptors (Lipinski definition) is 2. The highest BCUT2D eigenvalue weighted by molar-refractivity contribution is 6.31. The minimum absolute atomic E-state index is 0.176. The second kappa shape index (κ2) is 4.69. The SMILES string of the molecule is Cc1cccc2c1C=C(C(=O)O)c1cc(Cl)ccc1O2. The largest absolute Gasteiger partial charge is 0.478 e. The third kappa shape index (κ3) is 2.06. The van der Waals surface area contributed by atoms with Crippen LogP contribution < -0.4 is 4.74 Å². The van der Waals surface area contributed by atoms with E-state index in [1.165, 1.54) is 0 Å². The van der Waals surface area contributed by atoms with Crippen molar-refractivity contribution in [2.45, 2.75) is 6.92 Å². The van der Waals surface area contributed by atoms with E-state index in [4.69, 9.17) is 16.3 Å². The Morgan fingerprint density at radius 1 is 1.20 bits per heavy atom. The fraction of sp³-hybridized carbons (Fsp3) is 0.0625. The van der Waals surface area contributed by atoms with Gasteiger partial charge in [-0.2, -0.15) is 0 Å². The maximum atomic E-state index is 11.5. The molecule has 0 bridgehead atoms. The Kier molecular flexibility index (Phi) is 2.99. The molecule has 20 heavy (non-hydrogen) atoms. The van der Waals surface area contributed by atoms with Crippen molar-refractivity contribution in [1.29, 1.82) is 0 Å². The smallest absolute Gasteiger partial charge is 0.336 e. The van der Waals surface area contributed by atoms with Crippen LogP contribution in [-0.2, 0) is 4.79 Å². The molecular formula is C16H11ClO3. The van der Waals surface area contributed by atoms with E-state index in [0.29, 0.717) is 22.1 Å². The molecule has 2 aromatic rings. The summed E-state index contributed by atoms with van der Waals surface area (Å²) >= 11 is 5.97. The fourth-order valence-corrected chi connectivity index (χ4v) is 2.42. The number of fused-ring (bicyclic) bond motifs is 2. The van der Waals surface area contributed by atoms with E-state index < -0.39 is 5.97 Å². The summed E-state index contributed by atoms with van der Waals surface area (Å²) in [5.41, 5.74) is 2.40. The van der Waals surface area contributed by atoms with E-state index >= 15 is 0 Å². The van der Waals surface area contributed by atoms with Gasteiger partial charge in [-0.05, 0) is 42.8 Å². The summed E-state index contributed by atoms with van der Waals surface area (Å²) in [6.07, 6.45) is 1.63. The molecule has 1 aliphatic heterocycles. The number of carbonyl (C=O) groups is 1. The number of hydrogen-bond donors (Lipinski definition) is 1. The van der Waals surface area contributed by atoms with Gasteiger partial charge >= 0.3 is 5.97 Å². The molecule has 0 saturated carbocycles. The number of carboxylic acids is 1.